The van der Waals surface area contributed by atoms with Gasteiger partial charge in [-0.1, -0.05) is 68.4 Å². The SMILES string of the molecule is CCCCC/C=C/C/C=C/C=C/[C@H](O)C/C=C\CCCC(=O)O. The van der Waals surface area contributed by atoms with Crippen molar-refractivity contribution in [3.05, 3.63) is 48.6 Å². The summed E-state index contributed by atoms with van der Waals surface area (Å²) in [6.07, 6.45) is 23.5. The van der Waals surface area contributed by atoms with Crippen LogP contribution in [0.5, 0.6) is 0 Å². The zero-order valence-electron chi connectivity index (χ0n) is 14.4. The number of aliphatic hydroxyl groups is 1. The Labute approximate surface area is 141 Å². The molecule has 0 unspecified atom stereocenters. The Balaban J connectivity index is 3.63. The largest absolute Gasteiger partial charge is 0.481 e. The average Bonchev–Trinajstić information content (AvgIpc) is 2.52. The van der Waals surface area contributed by atoms with Gasteiger partial charge in [-0.25, -0.2) is 0 Å². The van der Waals surface area contributed by atoms with Gasteiger partial charge in [0.2, 0.25) is 0 Å². The van der Waals surface area contributed by atoms with Gasteiger partial charge in [0.25, 0.3) is 0 Å². The summed E-state index contributed by atoms with van der Waals surface area (Å²) in [6, 6.07) is 0. The predicted octanol–water partition coefficient (Wildman–Crippen LogP) is 5.19. The molecule has 0 bridgehead atoms. The van der Waals surface area contributed by atoms with Crippen molar-refractivity contribution in [2.24, 2.45) is 0 Å². The Hall–Kier alpha value is -1.61. The van der Waals surface area contributed by atoms with Gasteiger partial charge >= 0.3 is 5.97 Å². The first-order valence-corrected chi connectivity index (χ1v) is 8.70. The molecule has 0 aromatic heterocycles. The fourth-order valence-corrected chi connectivity index (χ4v) is 1.96. The van der Waals surface area contributed by atoms with Crippen LogP contribution in [0.15, 0.2) is 48.6 Å². The summed E-state index contributed by atoms with van der Waals surface area (Å²) >= 11 is 0. The molecule has 0 radical (unpaired) electrons. The summed E-state index contributed by atoms with van der Waals surface area (Å²) in [7, 11) is 0. The van der Waals surface area contributed by atoms with Crippen molar-refractivity contribution < 1.29 is 15.0 Å². The van der Waals surface area contributed by atoms with E-state index in [1.807, 2.05) is 24.3 Å². The van der Waals surface area contributed by atoms with Crippen LogP contribution in [0.2, 0.25) is 0 Å². The number of unbranched alkanes of at least 4 members (excludes halogenated alkanes) is 4. The molecule has 130 valence electrons. The highest BCUT2D eigenvalue weighted by Gasteiger charge is 1.95. The number of carboxylic acid groups (broad SMARTS) is 1. The molecule has 0 saturated heterocycles. The molecule has 23 heavy (non-hydrogen) atoms. The number of aliphatic hydroxyl groups excluding tert-OH is 1. The minimum Gasteiger partial charge on any atom is -0.481 e. The first kappa shape index (κ1) is 21.4. The lowest BCUT2D eigenvalue weighted by Crippen LogP contribution is -1.98. The van der Waals surface area contributed by atoms with Crippen LogP contribution in [0, 0.1) is 0 Å². The summed E-state index contributed by atoms with van der Waals surface area (Å²) in [4.78, 5) is 10.3. The molecular formula is C20H32O3. The van der Waals surface area contributed by atoms with Crippen LogP contribution in [-0.2, 0) is 4.79 Å². The molecule has 3 heteroatoms. The maximum atomic E-state index is 10.3. The van der Waals surface area contributed by atoms with E-state index in [0.29, 0.717) is 12.8 Å². The Morgan fingerprint density at radius 1 is 0.957 bits per heavy atom. The van der Waals surface area contributed by atoms with E-state index in [9.17, 15) is 9.90 Å². The molecule has 0 spiro atoms. The second kappa shape index (κ2) is 16.8. The van der Waals surface area contributed by atoms with Crippen LogP contribution in [0.4, 0.5) is 0 Å². The van der Waals surface area contributed by atoms with Gasteiger partial charge in [0.05, 0.1) is 6.10 Å². The monoisotopic (exact) mass is 320 g/mol. The maximum Gasteiger partial charge on any atom is 0.303 e. The highest BCUT2D eigenvalue weighted by Crippen LogP contribution is 2.02. The molecule has 0 aliphatic carbocycles. The number of carbonyl (C=O) groups is 1. The van der Waals surface area contributed by atoms with Crippen LogP contribution in [0.1, 0.15) is 64.7 Å². The quantitative estimate of drug-likeness (QED) is 0.263. The van der Waals surface area contributed by atoms with Crippen molar-refractivity contribution in [2.45, 2.75) is 70.8 Å². The molecule has 0 amide bonds. The minimum absolute atomic E-state index is 0.199. The summed E-state index contributed by atoms with van der Waals surface area (Å²) in [5.74, 6) is -0.760. The summed E-state index contributed by atoms with van der Waals surface area (Å²) < 4.78 is 0. The van der Waals surface area contributed by atoms with Gasteiger partial charge in [0.15, 0.2) is 0 Å². The van der Waals surface area contributed by atoms with Crippen LogP contribution < -0.4 is 0 Å². The van der Waals surface area contributed by atoms with Crippen LogP contribution >= 0.6 is 0 Å². The summed E-state index contributed by atoms with van der Waals surface area (Å²) in [5, 5.41) is 18.2. The number of rotatable bonds is 14. The van der Waals surface area contributed by atoms with Crippen molar-refractivity contribution >= 4 is 5.97 Å². The molecule has 0 aliphatic rings. The van der Waals surface area contributed by atoms with Gasteiger partial charge in [-0.3, -0.25) is 4.79 Å². The van der Waals surface area contributed by atoms with Crippen molar-refractivity contribution in [1.82, 2.24) is 0 Å². The highest BCUT2D eigenvalue weighted by atomic mass is 16.4. The minimum atomic E-state index is -0.760. The standard InChI is InChI=1S/C20H32O3/c1-2-3-4-5-6-7-8-9-10-13-16-19(21)17-14-11-12-15-18-20(22)23/h6-7,9-11,13-14,16,19,21H,2-5,8,12,15,17-18H2,1H3,(H,22,23)/b7-6+,10-9+,14-11-,16-13+/t19-/m0/s1. The number of aliphatic carboxylic acids is 1. The van der Waals surface area contributed by atoms with E-state index >= 15 is 0 Å². The van der Waals surface area contributed by atoms with Gasteiger partial charge in [0, 0.05) is 6.42 Å². The predicted molar refractivity (Wildman–Crippen MR) is 97.4 cm³/mol. The first-order chi connectivity index (χ1) is 11.2. The number of hydrogen-bond acceptors (Lipinski definition) is 2. The fraction of sp³-hybridized carbons (Fsp3) is 0.550. The van der Waals surface area contributed by atoms with E-state index in [1.54, 1.807) is 6.08 Å². The Morgan fingerprint density at radius 2 is 1.70 bits per heavy atom. The normalized spacial score (nSPS) is 13.8. The van der Waals surface area contributed by atoms with E-state index in [1.165, 1.54) is 19.3 Å². The molecule has 0 aliphatic heterocycles. The topological polar surface area (TPSA) is 57.5 Å². The molecule has 0 aromatic rings. The van der Waals surface area contributed by atoms with Gasteiger partial charge < -0.3 is 10.2 Å². The van der Waals surface area contributed by atoms with Gasteiger partial charge in [-0.05, 0) is 38.5 Å². The molecule has 0 saturated carbocycles. The third-order valence-electron chi connectivity index (χ3n) is 3.30. The molecule has 1 atom stereocenters. The first-order valence-electron chi connectivity index (χ1n) is 8.70. The lowest BCUT2D eigenvalue weighted by atomic mass is 10.2. The Bertz CT molecular complexity index is 392. The number of carboxylic acids is 1. The van der Waals surface area contributed by atoms with Crippen LogP contribution in [0.3, 0.4) is 0 Å². The zero-order valence-corrected chi connectivity index (χ0v) is 14.4. The maximum absolute atomic E-state index is 10.3. The van der Waals surface area contributed by atoms with Crippen molar-refractivity contribution in [3.63, 3.8) is 0 Å². The Morgan fingerprint density at radius 3 is 2.43 bits per heavy atom. The summed E-state index contributed by atoms with van der Waals surface area (Å²) in [5.41, 5.74) is 0. The van der Waals surface area contributed by atoms with Crippen LogP contribution in [0.25, 0.3) is 0 Å². The van der Waals surface area contributed by atoms with E-state index in [-0.39, 0.29) is 6.42 Å². The fourth-order valence-electron chi connectivity index (χ4n) is 1.96. The second-order valence-corrected chi connectivity index (χ2v) is 5.58. The number of allylic oxidation sites excluding steroid dienone is 6. The average molecular weight is 320 g/mol. The molecule has 0 fully saturated rings. The third kappa shape index (κ3) is 18.3. The lowest BCUT2D eigenvalue weighted by Gasteiger charge is -1.99. The zero-order chi connectivity index (χ0) is 17.2. The molecule has 0 heterocycles. The smallest absolute Gasteiger partial charge is 0.303 e. The van der Waals surface area contributed by atoms with E-state index in [2.05, 4.69) is 25.2 Å². The second-order valence-electron chi connectivity index (χ2n) is 5.58. The third-order valence-corrected chi connectivity index (χ3v) is 3.30. The summed E-state index contributed by atoms with van der Waals surface area (Å²) in [6.45, 7) is 2.21. The van der Waals surface area contributed by atoms with Gasteiger partial charge in [-0.2, -0.15) is 0 Å². The number of hydrogen-bond donors (Lipinski definition) is 2. The van der Waals surface area contributed by atoms with E-state index in [4.69, 9.17) is 5.11 Å². The van der Waals surface area contributed by atoms with Crippen LogP contribution in [-0.4, -0.2) is 22.3 Å². The molecular weight excluding hydrogens is 288 g/mol. The van der Waals surface area contributed by atoms with Crippen molar-refractivity contribution in [1.29, 1.82) is 0 Å². The lowest BCUT2D eigenvalue weighted by molar-refractivity contribution is -0.137. The highest BCUT2D eigenvalue weighted by molar-refractivity contribution is 5.66. The van der Waals surface area contributed by atoms with Gasteiger partial charge in [0.1, 0.15) is 0 Å². The Kier molecular flexibility index (Phi) is 15.6. The van der Waals surface area contributed by atoms with E-state index < -0.39 is 12.1 Å². The molecule has 0 aromatic carbocycles. The molecule has 0 rings (SSSR count). The van der Waals surface area contributed by atoms with Crippen molar-refractivity contribution in [3.8, 4) is 0 Å². The van der Waals surface area contributed by atoms with Crippen molar-refractivity contribution in [2.75, 3.05) is 0 Å². The van der Waals surface area contributed by atoms with Gasteiger partial charge in [-0.15, -0.1) is 0 Å². The molecule has 2 N–H and O–H groups in total. The molecule has 3 nitrogen and oxygen atoms in total. The van der Waals surface area contributed by atoms with E-state index in [0.717, 1.165) is 19.3 Å².